The zero-order chi connectivity index (χ0) is 79.2. The number of phenolic OH excluding ortho intramolecular Hbond substituents is 3. The molecule has 0 unspecified atom stereocenters. The predicted molar refractivity (Wildman–Crippen MR) is 374 cm³/mol. The molecule has 20 atom stereocenters. The first-order chi connectivity index (χ1) is 51.4. The molecule has 8 heterocycles. The summed E-state index contributed by atoms with van der Waals surface area (Å²) in [6.07, 6.45) is -20.4. The number of primary amides is 1. The van der Waals surface area contributed by atoms with Crippen molar-refractivity contribution in [1.29, 1.82) is 0 Å². The number of fused-ring (bicyclic) bond motifs is 15. The number of ether oxygens (including phenoxy) is 8. The van der Waals surface area contributed by atoms with Crippen molar-refractivity contribution in [2.24, 2.45) is 23.1 Å². The standard InChI is InChI=1S/C73H86N10O26/c1-28(2)18-40(77-7)64(94)82-54-56(89)31-8-13-36(14-9-31)104-44-20-34-21-45(60(44)109-71-61(58(91)57(90)46(27-84)106-71)108-49-26-73(6,76)63(93)30(4)103-49)105-37-15-10-32(11-16-37)59(107-48-25-72(5,75)62(92)29(3)102-48)55-69(99)81-53(70(100)101)39-22-35(85)23-43(87)50(39)38-19-33(12-17-42(38)86)51(66(96)83-55)80-67(97)52(34)79-65(95)41(24-47(74)88)78-68(54)98/h8-17,19-23,28-30,40-41,46,48-49,51-59,61,71,77,84-87,89-91H,18,24-27,75-76H2,1-7H3,(H2,74,88)(H,78,98)(H,79,95)(H,80,97)(H,81,99)(H,82,94)(H,83,96)(H,100,101)/t29-,30-,40+,41+,46+,48-,49-,51+,52+,53+,54+,55-,56+,57+,58-,59+,61+,71-,72-,73-/m0/s1. The van der Waals surface area contributed by atoms with Crippen molar-refractivity contribution in [2.45, 2.75) is 188 Å². The maximum Gasteiger partial charge on any atom is 0.330 e. The van der Waals surface area contributed by atoms with Gasteiger partial charge < -0.3 is 133 Å². The monoisotopic (exact) mass is 1520 g/mol. The highest BCUT2D eigenvalue weighted by Crippen LogP contribution is 2.49. The number of hydrogen-bond acceptors (Lipinski definition) is 28. The molecule has 7 amide bonds. The number of Topliss-reactive ketones (excluding diaryl/α,β-unsaturated/α-hetero) is 2. The Balaban J connectivity index is 1.17. The molecule has 13 rings (SSSR count). The van der Waals surface area contributed by atoms with Crippen LogP contribution < -0.4 is 68.6 Å². The lowest BCUT2D eigenvalue weighted by atomic mass is 9.88. The molecule has 11 bridgehead atoms. The van der Waals surface area contributed by atoms with Gasteiger partial charge in [-0.15, -0.1) is 0 Å². The summed E-state index contributed by atoms with van der Waals surface area (Å²) < 4.78 is 51.3. The maximum atomic E-state index is 16.3. The van der Waals surface area contributed by atoms with Crippen LogP contribution in [0.5, 0.6) is 46.0 Å². The third kappa shape index (κ3) is 17.0. The second-order valence-corrected chi connectivity index (χ2v) is 28.5. The van der Waals surface area contributed by atoms with Crippen LogP contribution in [-0.2, 0) is 71.6 Å². The van der Waals surface area contributed by atoms with E-state index < -0.39 is 256 Å². The van der Waals surface area contributed by atoms with Crippen molar-refractivity contribution in [3.8, 4) is 57.1 Å². The minimum atomic E-state index is -2.32. The van der Waals surface area contributed by atoms with Crippen molar-refractivity contribution in [3.05, 3.63) is 119 Å². The zero-order valence-electron chi connectivity index (χ0n) is 59.8. The number of likely N-dealkylation sites (N-methyl/N-ethyl adjacent to an activating group) is 1. The molecule has 8 aliphatic heterocycles. The number of nitrogens with two attached hydrogens (primary N) is 3. The van der Waals surface area contributed by atoms with E-state index in [2.05, 4.69) is 37.2 Å². The second kappa shape index (κ2) is 32.0. The highest BCUT2D eigenvalue weighted by molar-refractivity contribution is 6.01. The summed E-state index contributed by atoms with van der Waals surface area (Å²) in [5, 5.41) is 110. The van der Waals surface area contributed by atoms with E-state index in [1.807, 2.05) is 13.8 Å². The quantitative estimate of drug-likeness (QED) is 0.0625. The largest absolute Gasteiger partial charge is 0.508 e. The summed E-state index contributed by atoms with van der Waals surface area (Å²) >= 11 is 0. The Hall–Kier alpha value is -10.5. The summed E-state index contributed by atoms with van der Waals surface area (Å²) in [6, 6.07) is 3.19. The van der Waals surface area contributed by atoms with Gasteiger partial charge in [-0.1, -0.05) is 44.2 Å². The lowest BCUT2D eigenvalue weighted by Gasteiger charge is -2.45. The molecule has 3 fully saturated rings. The normalized spacial score (nSPS) is 31.1. The lowest BCUT2D eigenvalue weighted by Crippen LogP contribution is -2.63. The van der Waals surface area contributed by atoms with E-state index in [9.17, 15) is 69.6 Å². The number of carboxylic acid groups (broad SMARTS) is 1. The van der Waals surface area contributed by atoms with E-state index in [1.54, 1.807) is 0 Å². The summed E-state index contributed by atoms with van der Waals surface area (Å²) in [4.78, 5) is 146. The highest BCUT2D eigenvalue weighted by Gasteiger charge is 2.52. The molecule has 8 aliphatic rings. The highest BCUT2D eigenvalue weighted by atomic mass is 16.8. The van der Waals surface area contributed by atoms with Gasteiger partial charge in [-0.3, -0.25) is 43.2 Å². The van der Waals surface area contributed by atoms with Crippen LogP contribution in [0.4, 0.5) is 0 Å². The Bertz CT molecular complexity index is 4370. The van der Waals surface area contributed by atoms with Crippen LogP contribution in [0.1, 0.15) is 125 Å². The van der Waals surface area contributed by atoms with Crippen molar-refractivity contribution < 1.29 is 127 Å². The van der Waals surface area contributed by atoms with E-state index in [0.717, 1.165) is 42.5 Å². The Morgan fingerprint density at radius 3 is 1.77 bits per heavy atom. The number of aliphatic hydroxyl groups is 4. The first-order valence-electron chi connectivity index (χ1n) is 34.8. The minimum Gasteiger partial charge on any atom is -0.508 e. The Morgan fingerprint density at radius 1 is 0.651 bits per heavy atom. The molecule has 109 heavy (non-hydrogen) atoms. The molecule has 0 radical (unpaired) electrons. The van der Waals surface area contributed by atoms with Crippen LogP contribution in [-0.4, -0.2) is 204 Å². The smallest absolute Gasteiger partial charge is 0.330 e. The van der Waals surface area contributed by atoms with Crippen LogP contribution in [0.25, 0.3) is 11.1 Å². The number of nitrogens with one attached hydrogen (secondary N) is 7. The predicted octanol–water partition coefficient (Wildman–Crippen LogP) is -0.547. The topological polar surface area (TPSA) is 569 Å². The van der Waals surface area contributed by atoms with Crippen molar-refractivity contribution in [2.75, 3.05) is 13.7 Å². The summed E-state index contributed by atoms with van der Waals surface area (Å²) in [6.45, 7) is 8.29. The number of amides is 7. The van der Waals surface area contributed by atoms with Gasteiger partial charge >= 0.3 is 5.97 Å². The minimum absolute atomic E-state index is 0.0504. The fourth-order valence-corrected chi connectivity index (χ4v) is 13.9. The van der Waals surface area contributed by atoms with Gasteiger partial charge in [0.25, 0.3) is 0 Å². The number of carboxylic acids is 1. The number of aromatic hydroxyl groups is 3. The number of rotatable bonds is 15. The number of phenols is 3. The van der Waals surface area contributed by atoms with E-state index in [0.29, 0.717) is 0 Å². The first kappa shape index (κ1) is 79.6. The van der Waals surface area contributed by atoms with Gasteiger partial charge in [0.2, 0.25) is 53.4 Å². The number of hydrogen-bond donors (Lipinski definition) is 18. The summed E-state index contributed by atoms with van der Waals surface area (Å²) in [5.74, 6) is -16.2. The summed E-state index contributed by atoms with van der Waals surface area (Å²) in [5.41, 5.74) is 13.1. The number of ketones is 2. The fourth-order valence-electron chi connectivity index (χ4n) is 13.9. The molecular weight excluding hydrogens is 1430 g/mol. The maximum absolute atomic E-state index is 16.3. The van der Waals surface area contributed by atoms with Crippen LogP contribution in [0.3, 0.4) is 0 Å². The first-order valence-corrected chi connectivity index (χ1v) is 34.8. The Labute approximate surface area is 621 Å². The number of carbonyl (C=O) groups excluding carboxylic acids is 9. The number of aliphatic hydroxyl groups excluding tert-OH is 4. The molecule has 21 N–H and O–H groups in total. The fraction of sp³-hybridized carbons (Fsp3) is 0.452. The third-order valence-corrected chi connectivity index (χ3v) is 19.6. The molecule has 36 heteroatoms. The molecule has 0 spiro atoms. The van der Waals surface area contributed by atoms with Gasteiger partial charge in [-0.05, 0) is 124 Å². The van der Waals surface area contributed by atoms with Crippen molar-refractivity contribution >= 4 is 58.9 Å². The molecule has 36 nitrogen and oxygen atoms in total. The van der Waals surface area contributed by atoms with Gasteiger partial charge in [0.1, 0.15) is 102 Å². The van der Waals surface area contributed by atoms with Gasteiger partial charge in [0, 0.05) is 35.6 Å². The third-order valence-electron chi connectivity index (χ3n) is 19.6. The van der Waals surface area contributed by atoms with E-state index in [-0.39, 0.29) is 46.9 Å². The van der Waals surface area contributed by atoms with Crippen LogP contribution in [0.2, 0.25) is 0 Å². The van der Waals surface area contributed by atoms with Crippen molar-refractivity contribution in [1.82, 2.24) is 37.2 Å². The number of aliphatic carboxylic acids is 1. The number of carbonyl (C=O) groups is 10. The number of benzene rings is 5. The molecule has 584 valence electrons. The van der Waals surface area contributed by atoms with Gasteiger partial charge in [0.15, 0.2) is 47.8 Å². The molecular formula is C73H86N10O26. The lowest BCUT2D eigenvalue weighted by molar-refractivity contribution is -0.323. The van der Waals surface area contributed by atoms with Gasteiger partial charge in [-0.25, -0.2) is 4.79 Å². The SMILES string of the molecule is CN[C@H](CC(C)C)C(=O)N[C@H]1C(=O)N[C@H](CC(N)=O)C(=O)N[C@H]2C(=O)N[C@H]3C(=O)N[C@H](C(=O)N[C@@H](C(=O)O)c4cc(O)cc(O)c4-c4cc3ccc4O)[C@H](O[C@H]3C[C@](C)(N)C(=O)[C@H](C)O3)c3ccc(cc3)Oc3cc2cc(c3O[C@@H]2O[C@H](CO)[C@@H](O)[C@H](O)[C@H]2O[C@H]2C[C@](C)(N)C(=O)[C@H](C)O2)Oc2ccc(cc2)[C@H]1O. The van der Waals surface area contributed by atoms with Crippen molar-refractivity contribution in [3.63, 3.8) is 0 Å². The molecule has 0 aromatic heterocycles. The Kier molecular flexibility index (Phi) is 23.4. The summed E-state index contributed by atoms with van der Waals surface area (Å²) in [7, 11) is 1.49. The zero-order valence-corrected chi connectivity index (χ0v) is 59.8. The Morgan fingerprint density at radius 2 is 1.21 bits per heavy atom. The molecule has 3 saturated heterocycles. The van der Waals surface area contributed by atoms with Crippen LogP contribution >= 0.6 is 0 Å². The molecule has 0 saturated carbocycles. The van der Waals surface area contributed by atoms with Crippen LogP contribution in [0.15, 0.2) is 91.0 Å². The molecule has 0 aliphatic carbocycles. The molecule has 5 aromatic rings. The average Bonchev–Trinajstić information content (AvgIpc) is 0.766. The van der Waals surface area contributed by atoms with Crippen LogP contribution in [0, 0.1) is 5.92 Å². The van der Waals surface area contributed by atoms with Gasteiger partial charge in [0.05, 0.1) is 30.1 Å². The van der Waals surface area contributed by atoms with E-state index in [4.69, 9.17) is 55.1 Å². The second-order valence-electron chi connectivity index (χ2n) is 28.5. The van der Waals surface area contributed by atoms with E-state index in [1.165, 1.54) is 83.3 Å². The average molecular weight is 1520 g/mol. The van der Waals surface area contributed by atoms with E-state index >= 15 is 19.2 Å². The van der Waals surface area contributed by atoms with Gasteiger partial charge in [-0.2, -0.15) is 0 Å². The molecule has 5 aromatic carbocycles.